The Morgan fingerprint density at radius 1 is 1.32 bits per heavy atom. The molecule has 1 N–H and O–H groups in total. The van der Waals surface area contributed by atoms with E-state index in [0.717, 1.165) is 26.7 Å². The lowest BCUT2D eigenvalue weighted by Crippen LogP contribution is -2.24. The number of benzene rings is 1. The highest BCUT2D eigenvalue weighted by Gasteiger charge is 2.28. The van der Waals surface area contributed by atoms with Crippen molar-refractivity contribution in [3.63, 3.8) is 0 Å². The molecule has 1 aromatic carbocycles. The molecule has 1 saturated carbocycles. The summed E-state index contributed by atoms with van der Waals surface area (Å²) in [5.41, 5.74) is 2.11. The van der Waals surface area contributed by atoms with Gasteiger partial charge in [-0.15, -0.1) is 0 Å². The van der Waals surface area contributed by atoms with Crippen molar-refractivity contribution in [3.05, 3.63) is 28.0 Å². The second kappa shape index (κ2) is 4.95. The monoisotopic (exact) mass is 294 g/mol. The smallest absolute Gasteiger partial charge is 0.178 e. The Hall–Kier alpha value is -0.800. The number of rotatable bonds is 1. The average Bonchev–Trinajstić information content (AvgIpc) is 2.67. The first-order valence-electron chi connectivity index (χ1n) is 6.96. The summed E-state index contributed by atoms with van der Waals surface area (Å²) in [5, 5.41) is 0.788. The van der Waals surface area contributed by atoms with Crippen LogP contribution in [0.2, 0.25) is 5.02 Å². The Morgan fingerprint density at radius 3 is 2.84 bits per heavy atom. The number of aromatic nitrogens is 2. The van der Waals surface area contributed by atoms with E-state index in [0.29, 0.717) is 12.0 Å². The van der Waals surface area contributed by atoms with Crippen molar-refractivity contribution in [1.82, 2.24) is 9.55 Å². The SMILES string of the molecule is CC1CCC(n2c(=S)[nH]c3cccc(Cl)c32)C(C)C1. The number of nitrogens with one attached hydrogen (secondary N) is 1. The molecule has 1 aromatic heterocycles. The number of nitrogens with zero attached hydrogens (tertiary/aromatic N) is 1. The highest BCUT2D eigenvalue weighted by Crippen LogP contribution is 2.39. The molecule has 1 heterocycles. The highest BCUT2D eigenvalue weighted by molar-refractivity contribution is 7.71. The molecule has 0 amide bonds. The van der Waals surface area contributed by atoms with Gasteiger partial charge in [0, 0.05) is 6.04 Å². The summed E-state index contributed by atoms with van der Waals surface area (Å²) in [5.74, 6) is 1.46. The maximum atomic E-state index is 6.38. The zero-order valence-electron chi connectivity index (χ0n) is 11.3. The fourth-order valence-electron chi connectivity index (χ4n) is 3.49. The summed E-state index contributed by atoms with van der Waals surface area (Å²) in [7, 11) is 0. The molecule has 0 aliphatic heterocycles. The molecule has 0 spiro atoms. The summed E-state index contributed by atoms with van der Waals surface area (Å²) in [6.45, 7) is 4.67. The van der Waals surface area contributed by atoms with Crippen molar-refractivity contribution in [2.24, 2.45) is 11.8 Å². The molecule has 0 radical (unpaired) electrons. The summed E-state index contributed by atoms with van der Waals surface area (Å²) in [6.07, 6.45) is 3.73. The first-order chi connectivity index (χ1) is 9.08. The number of H-pyrrole nitrogens is 1. The van der Waals surface area contributed by atoms with Crippen molar-refractivity contribution >= 4 is 34.9 Å². The van der Waals surface area contributed by atoms with Gasteiger partial charge in [-0.05, 0) is 55.4 Å². The van der Waals surface area contributed by atoms with E-state index in [9.17, 15) is 0 Å². The zero-order valence-corrected chi connectivity index (χ0v) is 12.9. The molecule has 0 saturated heterocycles. The van der Waals surface area contributed by atoms with E-state index < -0.39 is 0 Å². The third kappa shape index (κ3) is 2.23. The van der Waals surface area contributed by atoms with Crippen LogP contribution in [0.15, 0.2) is 18.2 Å². The topological polar surface area (TPSA) is 20.7 Å². The molecule has 2 nitrogen and oxygen atoms in total. The van der Waals surface area contributed by atoms with E-state index in [2.05, 4.69) is 23.4 Å². The fourth-order valence-corrected chi connectivity index (χ4v) is 4.09. The molecule has 1 fully saturated rings. The Balaban J connectivity index is 2.15. The van der Waals surface area contributed by atoms with Crippen LogP contribution >= 0.6 is 23.8 Å². The van der Waals surface area contributed by atoms with Crippen LogP contribution in [-0.2, 0) is 0 Å². The number of fused-ring (bicyclic) bond motifs is 1. The molecular formula is C15H19ClN2S. The molecule has 3 rings (SSSR count). The van der Waals surface area contributed by atoms with Crippen LogP contribution in [0.4, 0.5) is 0 Å². The number of hydrogen-bond donors (Lipinski definition) is 1. The van der Waals surface area contributed by atoms with E-state index in [1.165, 1.54) is 19.3 Å². The van der Waals surface area contributed by atoms with Gasteiger partial charge in [0.15, 0.2) is 4.77 Å². The first kappa shape index (κ1) is 13.2. The van der Waals surface area contributed by atoms with Crippen molar-refractivity contribution < 1.29 is 0 Å². The minimum Gasteiger partial charge on any atom is -0.331 e. The van der Waals surface area contributed by atoms with E-state index in [-0.39, 0.29) is 0 Å². The molecule has 3 atom stereocenters. The molecular weight excluding hydrogens is 276 g/mol. The van der Waals surface area contributed by atoms with Gasteiger partial charge in [-0.1, -0.05) is 31.5 Å². The predicted molar refractivity (Wildman–Crippen MR) is 83.3 cm³/mol. The Labute approximate surface area is 123 Å². The summed E-state index contributed by atoms with van der Waals surface area (Å²) < 4.78 is 3.05. The highest BCUT2D eigenvalue weighted by atomic mass is 35.5. The minimum absolute atomic E-state index is 0.470. The summed E-state index contributed by atoms with van der Waals surface area (Å²) in [4.78, 5) is 3.29. The van der Waals surface area contributed by atoms with E-state index in [1.54, 1.807) is 0 Å². The fraction of sp³-hybridized carbons (Fsp3) is 0.533. The molecule has 3 unspecified atom stereocenters. The Bertz CT molecular complexity index is 658. The van der Waals surface area contributed by atoms with Crippen LogP contribution in [0.3, 0.4) is 0 Å². The van der Waals surface area contributed by atoms with Crippen molar-refractivity contribution in [2.75, 3.05) is 0 Å². The summed E-state index contributed by atoms with van der Waals surface area (Å²) in [6, 6.07) is 6.42. The van der Waals surface area contributed by atoms with Crippen LogP contribution < -0.4 is 0 Å². The summed E-state index contributed by atoms with van der Waals surface area (Å²) >= 11 is 11.9. The molecule has 19 heavy (non-hydrogen) atoms. The van der Waals surface area contributed by atoms with Gasteiger partial charge in [0.2, 0.25) is 0 Å². The van der Waals surface area contributed by atoms with E-state index >= 15 is 0 Å². The minimum atomic E-state index is 0.470. The van der Waals surface area contributed by atoms with Gasteiger partial charge in [-0.25, -0.2) is 0 Å². The van der Waals surface area contributed by atoms with Crippen molar-refractivity contribution in [2.45, 2.75) is 39.2 Å². The lowest BCUT2D eigenvalue weighted by molar-refractivity contribution is 0.210. The van der Waals surface area contributed by atoms with Crippen molar-refractivity contribution in [3.8, 4) is 0 Å². The largest absolute Gasteiger partial charge is 0.331 e. The lowest BCUT2D eigenvalue weighted by atomic mass is 9.79. The van der Waals surface area contributed by atoms with Gasteiger partial charge in [-0.2, -0.15) is 0 Å². The quantitative estimate of drug-likeness (QED) is 0.703. The van der Waals surface area contributed by atoms with Crippen LogP contribution in [0, 0.1) is 16.6 Å². The van der Waals surface area contributed by atoms with Crippen LogP contribution in [0.1, 0.15) is 39.2 Å². The first-order valence-corrected chi connectivity index (χ1v) is 7.75. The molecule has 2 aromatic rings. The van der Waals surface area contributed by atoms with Gasteiger partial charge in [0.1, 0.15) is 0 Å². The average molecular weight is 295 g/mol. The third-order valence-corrected chi connectivity index (χ3v) is 5.01. The number of halogens is 1. The zero-order chi connectivity index (χ0) is 13.6. The second-order valence-corrected chi connectivity index (χ2v) is 6.69. The third-order valence-electron chi connectivity index (χ3n) is 4.41. The lowest BCUT2D eigenvalue weighted by Gasteiger charge is -2.34. The van der Waals surface area contributed by atoms with Gasteiger partial charge >= 0.3 is 0 Å². The number of aromatic amines is 1. The second-order valence-electron chi connectivity index (χ2n) is 5.90. The molecule has 0 bridgehead atoms. The van der Waals surface area contributed by atoms with Gasteiger partial charge in [0.25, 0.3) is 0 Å². The van der Waals surface area contributed by atoms with Crippen LogP contribution in [-0.4, -0.2) is 9.55 Å². The predicted octanol–water partition coefficient (Wildman–Crippen LogP) is 5.35. The Morgan fingerprint density at radius 2 is 2.11 bits per heavy atom. The maximum absolute atomic E-state index is 6.38. The molecule has 4 heteroatoms. The number of imidazole rings is 1. The molecule has 102 valence electrons. The van der Waals surface area contributed by atoms with Crippen molar-refractivity contribution in [1.29, 1.82) is 0 Å². The molecule has 1 aliphatic carbocycles. The van der Waals surface area contributed by atoms with E-state index in [4.69, 9.17) is 23.8 Å². The Kier molecular flexibility index (Phi) is 3.44. The normalized spacial score (nSPS) is 27.8. The maximum Gasteiger partial charge on any atom is 0.178 e. The number of hydrogen-bond acceptors (Lipinski definition) is 1. The van der Waals surface area contributed by atoms with Gasteiger partial charge < -0.3 is 9.55 Å². The van der Waals surface area contributed by atoms with Gasteiger partial charge in [0.05, 0.1) is 16.1 Å². The van der Waals surface area contributed by atoms with E-state index in [1.807, 2.05) is 18.2 Å². The number of para-hydroxylation sites is 1. The van der Waals surface area contributed by atoms with Crippen LogP contribution in [0.25, 0.3) is 11.0 Å². The van der Waals surface area contributed by atoms with Crippen LogP contribution in [0.5, 0.6) is 0 Å². The molecule has 1 aliphatic rings. The van der Waals surface area contributed by atoms with Gasteiger partial charge in [-0.3, -0.25) is 0 Å². The standard InChI is InChI=1S/C15H19ClN2S/c1-9-6-7-13(10(2)8-9)18-14-11(16)4-3-5-12(14)17-15(18)19/h3-5,9-10,13H,6-8H2,1-2H3,(H,17,19).